The lowest BCUT2D eigenvalue weighted by atomic mass is 10.2. The van der Waals surface area contributed by atoms with Gasteiger partial charge in [-0.05, 0) is 13.3 Å². The van der Waals surface area contributed by atoms with Crippen LogP contribution >= 0.6 is 11.6 Å². The summed E-state index contributed by atoms with van der Waals surface area (Å²) in [7, 11) is 0. The number of carbonyl (C=O) groups is 1. The highest BCUT2D eigenvalue weighted by Crippen LogP contribution is 2.13. The Bertz CT molecular complexity index is 454. The second-order valence-electron chi connectivity index (χ2n) is 4.87. The van der Waals surface area contributed by atoms with Crippen molar-refractivity contribution in [3.05, 3.63) is 23.2 Å². The van der Waals surface area contributed by atoms with Gasteiger partial charge in [-0.2, -0.15) is 0 Å². The van der Waals surface area contributed by atoms with E-state index < -0.39 is 0 Å². The molecule has 0 aliphatic carbocycles. The van der Waals surface area contributed by atoms with Crippen LogP contribution in [0, 0.1) is 0 Å². The number of carbonyl (C=O) groups excluding carboxylic acids is 1. The van der Waals surface area contributed by atoms with E-state index in [1.54, 1.807) is 11.1 Å². The average Bonchev–Trinajstić information content (AvgIpc) is 2.45. The number of hydrogen-bond acceptors (Lipinski definition) is 4. The standard InChI is InChI=1S/C13H19ClN4O2/c1-3-11-8-18(7-9(2)20-11)13(19)17-5-10-4-16-12(14)6-15-10/h4,6,9,11H,3,5,7-8H2,1-2H3,(H,17,19). The predicted octanol–water partition coefficient (Wildman–Crippen LogP) is 1.84. The zero-order valence-electron chi connectivity index (χ0n) is 11.7. The summed E-state index contributed by atoms with van der Waals surface area (Å²) in [6.45, 7) is 5.61. The van der Waals surface area contributed by atoms with E-state index in [0.717, 1.165) is 6.42 Å². The second kappa shape index (κ2) is 6.85. The molecule has 2 amide bonds. The Labute approximate surface area is 123 Å². The van der Waals surface area contributed by atoms with Crippen LogP contribution in [0.25, 0.3) is 0 Å². The van der Waals surface area contributed by atoms with E-state index in [0.29, 0.717) is 30.5 Å². The van der Waals surface area contributed by atoms with E-state index in [2.05, 4.69) is 22.2 Å². The Balaban J connectivity index is 1.86. The summed E-state index contributed by atoms with van der Waals surface area (Å²) < 4.78 is 5.73. The monoisotopic (exact) mass is 298 g/mol. The van der Waals surface area contributed by atoms with Crippen LogP contribution in [0.3, 0.4) is 0 Å². The van der Waals surface area contributed by atoms with E-state index in [9.17, 15) is 4.79 Å². The van der Waals surface area contributed by atoms with Crippen LogP contribution in [0.15, 0.2) is 12.4 Å². The molecular weight excluding hydrogens is 280 g/mol. The number of amides is 2. The SMILES string of the molecule is CCC1CN(C(=O)NCc2cnc(Cl)cn2)CC(C)O1. The Morgan fingerprint density at radius 2 is 2.30 bits per heavy atom. The lowest BCUT2D eigenvalue weighted by molar-refractivity contribution is -0.0646. The van der Waals surface area contributed by atoms with Crippen LogP contribution in [-0.4, -0.2) is 46.2 Å². The number of aromatic nitrogens is 2. The molecule has 1 aliphatic heterocycles. The third-order valence-corrected chi connectivity index (χ3v) is 3.36. The lowest BCUT2D eigenvalue weighted by Crippen LogP contribution is -2.52. The van der Waals surface area contributed by atoms with E-state index >= 15 is 0 Å². The van der Waals surface area contributed by atoms with Crippen LogP contribution in [-0.2, 0) is 11.3 Å². The van der Waals surface area contributed by atoms with Crippen molar-refractivity contribution in [1.29, 1.82) is 0 Å². The molecule has 1 aromatic rings. The lowest BCUT2D eigenvalue weighted by Gasteiger charge is -2.36. The summed E-state index contributed by atoms with van der Waals surface area (Å²) in [5.41, 5.74) is 0.677. The summed E-state index contributed by atoms with van der Waals surface area (Å²) in [4.78, 5) is 21.9. The molecule has 1 fully saturated rings. The van der Waals surface area contributed by atoms with Crippen LogP contribution in [0.5, 0.6) is 0 Å². The first-order chi connectivity index (χ1) is 9.58. The first-order valence-electron chi connectivity index (χ1n) is 6.73. The molecule has 0 bridgehead atoms. The fourth-order valence-electron chi connectivity index (χ4n) is 2.14. The van der Waals surface area contributed by atoms with Gasteiger partial charge in [-0.25, -0.2) is 9.78 Å². The van der Waals surface area contributed by atoms with Crippen LogP contribution in [0.1, 0.15) is 26.0 Å². The van der Waals surface area contributed by atoms with E-state index in [1.807, 2.05) is 6.92 Å². The minimum atomic E-state index is -0.102. The largest absolute Gasteiger partial charge is 0.372 e. The molecule has 6 nitrogen and oxygen atoms in total. The number of halogens is 1. The quantitative estimate of drug-likeness (QED) is 0.924. The maximum Gasteiger partial charge on any atom is 0.317 e. The molecule has 1 aromatic heterocycles. The van der Waals surface area contributed by atoms with Crippen molar-refractivity contribution in [1.82, 2.24) is 20.2 Å². The van der Waals surface area contributed by atoms with Crippen molar-refractivity contribution >= 4 is 17.6 Å². The predicted molar refractivity (Wildman–Crippen MR) is 75.5 cm³/mol. The van der Waals surface area contributed by atoms with Gasteiger partial charge in [0, 0.05) is 13.1 Å². The maximum atomic E-state index is 12.1. The van der Waals surface area contributed by atoms with Crippen molar-refractivity contribution in [2.24, 2.45) is 0 Å². The third kappa shape index (κ3) is 4.05. The fraction of sp³-hybridized carbons (Fsp3) is 0.615. The van der Waals surface area contributed by atoms with Gasteiger partial charge in [0.25, 0.3) is 0 Å². The van der Waals surface area contributed by atoms with Crippen molar-refractivity contribution in [2.45, 2.75) is 39.0 Å². The van der Waals surface area contributed by atoms with Gasteiger partial charge in [0.2, 0.25) is 0 Å². The van der Waals surface area contributed by atoms with Gasteiger partial charge in [0.05, 0.1) is 36.8 Å². The Kier molecular flexibility index (Phi) is 5.14. The summed E-state index contributed by atoms with van der Waals surface area (Å²) >= 11 is 5.66. The highest BCUT2D eigenvalue weighted by Gasteiger charge is 2.27. The smallest absolute Gasteiger partial charge is 0.317 e. The number of hydrogen-bond donors (Lipinski definition) is 1. The van der Waals surface area contributed by atoms with Crippen LogP contribution < -0.4 is 5.32 Å². The minimum Gasteiger partial charge on any atom is -0.372 e. The van der Waals surface area contributed by atoms with Gasteiger partial charge in [0.15, 0.2) is 0 Å². The van der Waals surface area contributed by atoms with Crippen LogP contribution in [0.4, 0.5) is 4.79 Å². The number of morpholine rings is 1. The summed E-state index contributed by atoms with van der Waals surface area (Å²) in [5.74, 6) is 0. The van der Waals surface area contributed by atoms with Crippen molar-refractivity contribution < 1.29 is 9.53 Å². The first kappa shape index (κ1) is 15.0. The van der Waals surface area contributed by atoms with Crippen molar-refractivity contribution in [3.63, 3.8) is 0 Å². The number of urea groups is 1. The summed E-state index contributed by atoms with van der Waals surface area (Å²) in [6.07, 6.45) is 4.10. The van der Waals surface area contributed by atoms with Gasteiger partial charge >= 0.3 is 6.03 Å². The molecular formula is C13H19ClN4O2. The highest BCUT2D eigenvalue weighted by molar-refractivity contribution is 6.29. The number of rotatable bonds is 3. The number of nitrogens with zero attached hydrogens (tertiary/aromatic N) is 3. The molecule has 0 spiro atoms. The third-order valence-electron chi connectivity index (χ3n) is 3.16. The normalized spacial score (nSPS) is 22.6. The molecule has 0 radical (unpaired) electrons. The summed E-state index contributed by atoms with van der Waals surface area (Å²) in [6, 6.07) is -0.102. The molecule has 1 N–H and O–H groups in total. The van der Waals surface area contributed by atoms with Crippen LogP contribution in [0.2, 0.25) is 5.15 Å². The van der Waals surface area contributed by atoms with Gasteiger partial charge in [-0.3, -0.25) is 4.98 Å². The minimum absolute atomic E-state index is 0.0646. The average molecular weight is 299 g/mol. The Hall–Kier alpha value is -1.40. The van der Waals surface area contributed by atoms with E-state index in [-0.39, 0.29) is 18.2 Å². The van der Waals surface area contributed by atoms with Gasteiger partial charge in [-0.1, -0.05) is 18.5 Å². The molecule has 2 heterocycles. The summed E-state index contributed by atoms with van der Waals surface area (Å²) in [5, 5.41) is 3.18. The molecule has 1 aliphatic rings. The van der Waals surface area contributed by atoms with Crippen molar-refractivity contribution in [3.8, 4) is 0 Å². The van der Waals surface area contributed by atoms with E-state index in [4.69, 9.17) is 16.3 Å². The molecule has 2 rings (SSSR count). The molecule has 2 unspecified atom stereocenters. The Morgan fingerprint density at radius 1 is 1.50 bits per heavy atom. The zero-order chi connectivity index (χ0) is 14.5. The molecule has 0 aromatic carbocycles. The number of nitrogens with one attached hydrogen (secondary N) is 1. The fourth-order valence-corrected chi connectivity index (χ4v) is 2.24. The number of ether oxygens (including phenoxy) is 1. The van der Waals surface area contributed by atoms with Gasteiger partial charge in [-0.15, -0.1) is 0 Å². The molecule has 7 heteroatoms. The van der Waals surface area contributed by atoms with Crippen molar-refractivity contribution in [2.75, 3.05) is 13.1 Å². The highest BCUT2D eigenvalue weighted by atomic mass is 35.5. The first-order valence-corrected chi connectivity index (χ1v) is 7.11. The second-order valence-corrected chi connectivity index (χ2v) is 5.26. The molecule has 0 saturated carbocycles. The van der Waals surface area contributed by atoms with E-state index in [1.165, 1.54) is 6.20 Å². The topological polar surface area (TPSA) is 67.4 Å². The molecule has 20 heavy (non-hydrogen) atoms. The molecule has 2 atom stereocenters. The molecule has 110 valence electrons. The maximum absolute atomic E-state index is 12.1. The van der Waals surface area contributed by atoms with Gasteiger partial charge < -0.3 is 15.0 Å². The zero-order valence-corrected chi connectivity index (χ0v) is 12.4. The Morgan fingerprint density at radius 3 is 2.95 bits per heavy atom. The molecule has 1 saturated heterocycles. The van der Waals surface area contributed by atoms with Gasteiger partial charge in [0.1, 0.15) is 5.15 Å².